The van der Waals surface area contributed by atoms with Crippen LogP contribution in [0.3, 0.4) is 0 Å². The van der Waals surface area contributed by atoms with Crippen LogP contribution in [0.15, 0.2) is 4.99 Å². The zero-order valence-electron chi connectivity index (χ0n) is 9.75. The van der Waals surface area contributed by atoms with E-state index in [1.54, 1.807) is 5.48 Å². The van der Waals surface area contributed by atoms with Crippen LogP contribution in [0, 0.1) is 0 Å². The largest absolute Gasteiger partial charge is 0.394 e. The van der Waals surface area contributed by atoms with E-state index in [1.165, 1.54) is 4.90 Å². The number of aliphatic imine (C=N–C) groups is 1. The van der Waals surface area contributed by atoms with Crippen molar-refractivity contribution in [3.63, 3.8) is 0 Å². The van der Waals surface area contributed by atoms with E-state index in [-0.39, 0.29) is 17.7 Å². The van der Waals surface area contributed by atoms with Gasteiger partial charge in [-0.15, -0.1) is 0 Å². The lowest BCUT2D eigenvalue weighted by atomic mass is 10.1. The number of aliphatic hydroxyl groups is 3. The Kier molecular flexibility index (Phi) is 4.15. The summed E-state index contributed by atoms with van der Waals surface area (Å²) in [5.41, 5.74) is 1.78. The van der Waals surface area contributed by atoms with Crippen LogP contribution in [0.4, 0.5) is 0 Å². The Labute approximate surface area is 113 Å². The molecule has 11 heteroatoms. The maximum Gasteiger partial charge on any atom is 0.241 e. The molecule has 4 atom stereocenters. The highest BCUT2D eigenvalue weighted by atomic mass is 32.1. The minimum atomic E-state index is -1.26. The van der Waals surface area contributed by atoms with Crippen LogP contribution in [0.2, 0.25) is 0 Å². The summed E-state index contributed by atoms with van der Waals surface area (Å²) in [5.74, 6) is 5.54. The van der Waals surface area contributed by atoms with Crippen molar-refractivity contribution in [1.82, 2.24) is 15.4 Å². The lowest BCUT2D eigenvalue weighted by molar-refractivity contribution is -0.0809. The Hall–Kier alpha value is -1.08. The lowest BCUT2D eigenvalue weighted by Gasteiger charge is -2.37. The molecule has 19 heavy (non-hydrogen) atoms. The van der Waals surface area contributed by atoms with E-state index in [2.05, 4.69) is 4.99 Å². The maximum atomic E-state index is 9.88. The fourth-order valence-electron chi connectivity index (χ4n) is 1.93. The van der Waals surface area contributed by atoms with Crippen molar-refractivity contribution in [2.24, 2.45) is 10.8 Å². The highest BCUT2D eigenvalue weighted by Crippen LogP contribution is 2.25. The van der Waals surface area contributed by atoms with Gasteiger partial charge in [-0.3, -0.25) is 15.1 Å². The third kappa shape index (κ3) is 2.49. The van der Waals surface area contributed by atoms with Gasteiger partial charge in [0.15, 0.2) is 6.23 Å². The molecule has 7 N–H and O–H groups in total. The molecule has 0 saturated carbocycles. The average molecular weight is 293 g/mol. The van der Waals surface area contributed by atoms with Gasteiger partial charge in [-0.1, -0.05) is 0 Å². The maximum absolute atomic E-state index is 9.88. The molecule has 0 amide bonds. The van der Waals surface area contributed by atoms with Gasteiger partial charge in [0, 0.05) is 0 Å². The quantitative estimate of drug-likeness (QED) is 0.172. The van der Waals surface area contributed by atoms with E-state index in [9.17, 15) is 10.2 Å². The van der Waals surface area contributed by atoms with Gasteiger partial charge in [-0.05, 0) is 12.2 Å². The summed E-state index contributed by atoms with van der Waals surface area (Å²) in [4.78, 5) is 5.13. The second kappa shape index (κ2) is 5.50. The smallest absolute Gasteiger partial charge is 0.241 e. The van der Waals surface area contributed by atoms with Crippen LogP contribution in [0.5, 0.6) is 0 Å². The standard InChI is InChI=1S/C8H15N5O5S/c9-13-2-12(8(19)10-7(13)11-17)6-5(16)4(15)3(1-14)18-6/h3-6,14-17H,1-2,9H2,(H,10,11,19)/t3-,4?,5?,6-/m1/s1. The Morgan fingerprint density at radius 2 is 2.16 bits per heavy atom. The number of nitrogens with zero attached hydrogens (tertiary/aromatic N) is 3. The number of hydrazine groups is 1. The number of aliphatic hydroxyl groups excluding tert-OH is 3. The first-order valence-corrected chi connectivity index (χ1v) is 5.84. The molecule has 1 saturated heterocycles. The summed E-state index contributed by atoms with van der Waals surface area (Å²) in [6.07, 6.45) is -4.38. The SMILES string of the molecule is NN1CN([C@@H]2O[C@H](CO)C(O)C2O)C(=S)N=C1NO. The third-order valence-electron chi connectivity index (χ3n) is 2.95. The summed E-state index contributed by atoms with van der Waals surface area (Å²) in [6, 6.07) is 0. The van der Waals surface area contributed by atoms with Gasteiger partial charge in [0.05, 0.1) is 6.61 Å². The van der Waals surface area contributed by atoms with Gasteiger partial charge in [-0.2, -0.15) is 4.99 Å². The number of hydroxylamine groups is 1. The molecule has 108 valence electrons. The van der Waals surface area contributed by atoms with Gasteiger partial charge in [0.1, 0.15) is 25.0 Å². The second-order valence-electron chi connectivity index (χ2n) is 4.14. The number of hydrogen-bond acceptors (Lipinski definition) is 9. The number of rotatable bonds is 2. The molecule has 2 heterocycles. The number of nitrogens with two attached hydrogens (primary N) is 1. The van der Waals surface area contributed by atoms with Gasteiger partial charge < -0.3 is 20.1 Å². The molecule has 0 radical (unpaired) electrons. The van der Waals surface area contributed by atoms with Crippen LogP contribution in [-0.4, -0.2) is 79.3 Å². The minimum absolute atomic E-state index is 0.0160. The molecule has 2 aliphatic rings. The lowest BCUT2D eigenvalue weighted by Crippen LogP contribution is -2.59. The van der Waals surface area contributed by atoms with Crippen LogP contribution in [-0.2, 0) is 4.74 Å². The number of ether oxygens (including phenoxy) is 1. The van der Waals surface area contributed by atoms with Crippen molar-refractivity contribution >= 4 is 23.3 Å². The topological polar surface area (TPSA) is 147 Å². The average Bonchev–Trinajstić information content (AvgIpc) is 2.68. The van der Waals surface area contributed by atoms with E-state index in [4.69, 9.17) is 33.1 Å². The molecule has 1 fully saturated rings. The van der Waals surface area contributed by atoms with Crippen LogP contribution >= 0.6 is 12.2 Å². The summed E-state index contributed by atoms with van der Waals surface area (Å²) in [7, 11) is 0. The van der Waals surface area contributed by atoms with E-state index in [1.807, 2.05) is 0 Å². The predicted molar refractivity (Wildman–Crippen MR) is 65.4 cm³/mol. The highest BCUT2D eigenvalue weighted by molar-refractivity contribution is 7.80. The first kappa shape index (κ1) is 14.3. The summed E-state index contributed by atoms with van der Waals surface area (Å²) < 4.78 is 5.32. The first-order chi connectivity index (χ1) is 8.99. The number of hydrogen-bond donors (Lipinski definition) is 6. The Morgan fingerprint density at radius 1 is 1.47 bits per heavy atom. The summed E-state index contributed by atoms with van der Waals surface area (Å²) in [5, 5.41) is 38.4. The summed E-state index contributed by atoms with van der Waals surface area (Å²) >= 11 is 5.00. The monoisotopic (exact) mass is 293 g/mol. The van der Waals surface area contributed by atoms with Crippen LogP contribution in [0.25, 0.3) is 0 Å². The molecule has 0 aromatic heterocycles. The molecule has 2 unspecified atom stereocenters. The van der Waals surface area contributed by atoms with Gasteiger partial charge in [0.25, 0.3) is 0 Å². The molecule has 0 aromatic carbocycles. The van der Waals surface area contributed by atoms with Gasteiger partial charge in [0.2, 0.25) is 11.1 Å². The van der Waals surface area contributed by atoms with Crippen molar-refractivity contribution in [3.05, 3.63) is 0 Å². The molecular weight excluding hydrogens is 278 g/mol. The fourth-order valence-corrected chi connectivity index (χ4v) is 2.17. The second-order valence-corrected chi connectivity index (χ2v) is 4.50. The molecule has 2 rings (SSSR count). The van der Waals surface area contributed by atoms with Crippen molar-refractivity contribution in [3.8, 4) is 0 Å². The van der Waals surface area contributed by atoms with E-state index >= 15 is 0 Å². The normalized spacial score (nSPS) is 35.6. The van der Waals surface area contributed by atoms with Crippen molar-refractivity contribution in [2.75, 3.05) is 13.3 Å². The molecule has 0 spiro atoms. The molecule has 0 bridgehead atoms. The zero-order valence-corrected chi connectivity index (χ0v) is 10.6. The van der Waals surface area contributed by atoms with Gasteiger partial charge >= 0.3 is 0 Å². The Morgan fingerprint density at radius 3 is 2.68 bits per heavy atom. The van der Waals surface area contributed by atoms with Crippen LogP contribution in [0.1, 0.15) is 0 Å². The zero-order chi connectivity index (χ0) is 14.2. The van der Waals surface area contributed by atoms with Crippen molar-refractivity contribution in [1.29, 1.82) is 0 Å². The Balaban J connectivity index is 2.15. The minimum Gasteiger partial charge on any atom is -0.394 e. The molecule has 0 aliphatic carbocycles. The van der Waals surface area contributed by atoms with Crippen LogP contribution < -0.4 is 11.3 Å². The first-order valence-electron chi connectivity index (χ1n) is 5.43. The number of thiocarbonyl (C=S) groups is 1. The number of nitrogens with one attached hydrogen (secondary N) is 1. The van der Waals surface area contributed by atoms with Crippen molar-refractivity contribution < 1.29 is 25.3 Å². The molecule has 0 aromatic rings. The summed E-state index contributed by atoms with van der Waals surface area (Å²) in [6.45, 7) is -0.452. The van der Waals surface area contributed by atoms with E-state index in [0.717, 1.165) is 5.01 Å². The van der Waals surface area contributed by atoms with E-state index in [0.29, 0.717) is 0 Å². The molecule has 2 aliphatic heterocycles. The third-order valence-corrected chi connectivity index (χ3v) is 3.27. The number of guanidine groups is 1. The highest BCUT2D eigenvalue weighted by Gasteiger charge is 2.47. The van der Waals surface area contributed by atoms with Crippen molar-refractivity contribution in [2.45, 2.75) is 24.5 Å². The Bertz CT molecular complexity index is 396. The molecule has 10 nitrogen and oxygen atoms in total. The van der Waals surface area contributed by atoms with E-state index < -0.39 is 31.1 Å². The molecular formula is C8H15N5O5S. The fraction of sp³-hybridized carbons (Fsp3) is 0.750. The van der Waals surface area contributed by atoms with Gasteiger partial charge in [-0.25, -0.2) is 11.3 Å². The predicted octanol–water partition coefficient (Wildman–Crippen LogP) is -3.51.